The van der Waals surface area contributed by atoms with Crippen LogP contribution in [0.4, 0.5) is 10.1 Å². The van der Waals surface area contributed by atoms with Crippen LogP contribution in [0, 0.1) is 11.7 Å². The van der Waals surface area contributed by atoms with Gasteiger partial charge in [-0.05, 0) is 40.4 Å². The molecule has 1 fully saturated rings. The molecular formula is C14H20BrFN2O2S. The molecule has 0 heterocycles. The maximum Gasteiger partial charge on any atom is 0.243 e. The van der Waals surface area contributed by atoms with Crippen LogP contribution < -0.4 is 10.5 Å². The van der Waals surface area contributed by atoms with E-state index in [4.69, 9.17) is 5.73 Å². The van der Waals surface area contributed by atoms with Gasteiger partial charge < -0.3 is 5.73 Å². The predicted molar refractivity (Wildman–Crippen MR) is 84.9 cm³/mol. The third-order valence-corrected chi connectivity index (χ3v) is 6.07. The van der Waals surface area contributed by atoms with Crippen molar-refractivity contribution in [2.24, 2.45) is 5.92 Å². The van der Waals surface area contributed by atoms with Crippen LogP contribution >= 0.6 is 15.9 Å². The summed E-state index contributed by atoms with van der Waals surface area (Å²) in [5, 5.41) is 0. The van der Waals surface area contributed by atoms with Crippen molar-refractivity contribution in [2.75, 3.05) is 12.3 Å². The Balaban J connectivity index is 1.99. The number of halogens is 2. The molecule has 0 aromatic heterocycles. The summed E-state index contributed by atoms with van der Waals surface area (Å²) >= 11 is 3.07. The molecule has 4 nitrogen and oxygen atoms in total. The van der Waals surface area contributed by atoms with E-state index in [0.29, 0.717) is 16.9 Å². The summed E-state index contributed by atoms with van der Waals surface area (Å²) in [5.74, 6) is -0.234. The number of sulfonamides is 1. The van der Waals surface area contributed by atoms with Crippen molar-refractivity contribution in [3.63, 3.8) is 0 Å². The highest BCUT2D eigenvalue weighted by Gasteiger charge is 2.21. The minimum atomic E-state index is -3.86. The van der Waals surface area contributed by atoms with E-state index in [-0.39, 0.29) is 5.69 Å². The van der Waals surface area contributed by atoms with E-state index >= 15 is 0 Å². The largest absolute Gasteiger partial charge is 0.398 e. The molecule has 0 aliphatic heterocycles. The molecule has 0 bridgehead atoms. The second-order valence-electron chi connectivity index (χ2n) is 5.49. The van der Waals surface area contributed by atoms with E-state index < -0.39 is 20.7 Å². The van der Waals surface area contributed by atoms with Crippen LogP contribution in [0.15, 0.2) is 21.5 Å². The number of rotatable bonds is 5. The molecule has 0 radical (unpaired) electrons. The van der Waals surface area contributed by atoms with E-state index in [2.05, 4.69) is 20.7 Å². The summed E-state index contributed by atoms with van der Waals surface area (Å²) in [7, 11) is -3.86. The topological polar surface area (TPSA) is 72.2 Å². The van der Waals surface area contributed by atoms with Crippen LogP contribution in [0.25, 0.3) is 0 Å². The predicted octanol–water partition coefficient (Wildman–Crippen LogP) is 3.42. The van der Waals surface area contributed by atoms with Crippen molar-refractivity contribution in [1.29, 1.82) is 0 Å². The van der Waals surface area contributed by atoms with E-state index in [1.165, 1.54) is 19.3 Å². The molecule has 1 saturated carbocycles. The highest BCUT2D eigenvalue weighted by atomic mass is 79.9. The lowest BCUT2D eigenvalue weighted by atomic mass is 9.87. The zero-order valence-corrected chi connectivity index (χ0v) is 14.1. The van der Waals surface area contributed by atoms with E-state index in [1.54, 1.807) is 0 Å². The van der Waals surface area contributed by atoms with Gasteiger partial charge in [0.05, 0.1) is 0 Å². The fraction of sp³-hybridized carbons (Fsp3) is 0.571. The fourth-order valence-corrected chi connectivity index (χ4v) is 4.16. The van der Waals surface area contributed by atoms with Crippen LogP contribution in [0.1, 0.15) is 38.5 Å². The normalized spacial score (nSPS) is 17.0. The minimum absolute atomic E-state index is 0.198. The quantitative estimate of drug-likeness (QED) is 0.770. The van der Waals surface area contributed by atoms with Crippen molar-refractivity contribution >= 4 is 31.6 Å². The molecule has 0 atom stereocenters. The molecule has 0 spiro atoms. The minimum Gasteiger partial charge on any atom is -0.398 e. The molecule has 1 aliphatic rings. The van der Waals surface area contributed by atoms with E-state index in [9.17, 15) is 12.8 Å². The molecule has 0 saturated heterocycles. The second-order valence-corrected chi connectivity index (χ2v) is 8.08. The molecule has 1 aromatic carbocycles. The van der Waals surface area contributed by atoms with Crippen LogP contribution in [-0.2, 0) is 10.0 Å². The lowest BCUT2D eigenvalue weighted by molar-refractivity contribution is 0.339. The van der Waals surface area contributed by atoms with Gasteiger partial charge in [-0.15, -0.1) is 0 Å². The lowest BCUT2D eigenvalue weighted by Gasteiger charge is -2.21. The van der Waals surface area contributed by atoms with Crippen molar-refractivity contribution in [2.45, 2.75) is 43.4 Å². The average molecular weight is 379 g/mol. The first-order chi connectivity index (χ1) is 9.90. The van der Waals surface area contributed by atoms with Gasteiger partial charge in [0.15, 0.2) is 0 Å². The third kappa shape index (κ3) is 4.40. The van der Waals surface area contributed by atoms with Crippen LogP contribution in [0.3, 0.4) is 0 Å². The number of anilines is 1. The van der Waals surface area contributed by atoms with Gasteiger partial charge in [0.1, 0.15) is 10.7 Å². The van der Waals surface area contributed by atoms with Crippen LogP contribution in [0.2, 0.25) is 0 Å². The maximum absolute atomic E-state index is 13.8. The third-order valence-electron chi connectivity index (χ3n) is 3.91. The SMILES string of the molecule is Nc1cc(S(=O)(=O)NCCC2CCCCC2)c(F)cc1Br. The first-order valence-electron chi connectivity index (χ1n) is 7.14. The fourth-order valence-electron chi connectivity index (χ4n) is 2.70. The van der Waals surface area contributed by atoms with Gasteiger partial charge in [0, 0.05) is 16.7 Å². The molecule has 3 N–H and O–H groups in total. The Morgan fingerprint density at radius 2 is 1.95 bits per heavy atom. The number of nitrogens with two attached hydrogens (primary N) is 1. The van der Waals surface area contributed by atoms with Gasteiger partial charge in [-0.1, -0.05) is 32.1 Å². The van der Waals surface area contributed by atoms with Gasteiger partial charge in [-0.25, -0.2) is 17.5 Å². The van der Waals surface area contributed by atoms with E-state index in [1.807, 2.05) is 0 Å². The summed E-state index contributed by atoms with van der Waals surface area (Å²) in [6, 6.07) is 2.22. The van der Waals surface area contributed by atoms with Gasteiger partial charge in [0.2, 0.25) is 10.0 Å². The van der Waals surface area contributed by atoms with Gasteiger partial charge >= 0.3 is 0 Å². The second kappa shape index (κ2) is 7.07. The molecular weight excluding hydrogens is 359 g/mol. The highest BCUT2D eigenvalue weighted by molar-refractivity contribution is 9.10. The first kappa shape index (κ1) is 16.7. The van der Waals surface area contributed by atoms with E-state index in [0.717, 1.165) is 31.4 Å². The summed E-state index contributed by atoms with van der Waals surface area (Å²) in [6.45, 7) is 0.336. The Morgan fingerprint density at radius 1 is 1.29 bits per heavy atom. The molecule has 2 rings (SSSR count). The molecule has 1 aliphatic carbocycles. The lowest BCUT2D eigenvalue weighted by Crippen LogP contribution is -2.27. The van der Waals surface area contributed by atoms with Crippen molar-refractivity contribution in [3.8, 4) is 0 Å². The summed E-state index contributed by atoms with van der Waals surface area (Å²) in [6.07, 6.45) is 6.81. The Labute approximate surface area is 133 Å². The highest BCUT2D eigenvalue weighted by Crippen LogP contribution is 2.27. The summed E-state index contributed by atoms with van der Waals surface area (Å²) < 4.78 is 40.9. The van der Waals surface area contributed by atoms with Gasteiger partial charge in [-0.3, -0.25) is 0 Å². The summed E-state index contributed by atoms with van der Waals surface area (Å²) in [4.78, 5) is -0.396. The standard InChI is InChI=1S/C14H20BrFN2O2S/c15-11-8-12(16)14(9-13(11)17)21(19,20)18-7-6-10-4-2-1-3-5-10/h8-10,18H,1-7,17H2. The number of hydrogen-bond donors (Lipinski definition) is 2. The van der Waals surface area contributed by atoms with Gasteiger partial charge in [-0.2, -0.15) is 0 Å². The molecule has 0 unspecified atom stereocenters. The molecule has 7 heteroatoms. The average Bonchev–Trinajstić information content (AvgIpc) is 2.43. The number of hydrogen-bond acceptors (Lipinski definition) is 3. The number of nitrogen functional groups attached to an aromatic ring is 1. The Morgan fingerprint density at radius 3 is 2.62 bits per heavy atom. The van der Waals surface area contributed by atoms with Crippen LogP contribution in [0.5, 0.6) is 0 Å². The van der Waals surface area contributed by atoms with Crippen molar-refractivity contribution in [1.82, 2.24) is 4.72 Å². The zero-order valence-electron chi connectivity index (χ0n) is 11.7. The summed E-state index contributed by atoms with van der Waals surface area (Å²) in [5.41, 5.74) is 5.82. The number of nitrogens with one attached hydrogen (secondary N) is 1. The van der Waals surface area contributed by atoms with Crippen molar-refractivity contribution < 1.29 is 12.8 Å². The van der Waals surface area contributed by atoms with Crippen molar-refractivity contribution in [3.05, 3.63) is 22.4 Å². The Hall–Kier alpha value is -0.660. The smallest absolute Gasteiger partial charge is 0.243 e. The molecule has 21 heavy (non-hydrogen) atoms. The Bertz CT molecular complexity index is 601. The molecule has 0 amide bonds. The maximum atomic E-state index is 13.8. The van der Waals surface area contributed by atoms with Gasteiger partial charge in [0.25, 0.3) is 0 Å². The molecule has 118 valence electrons. The Kier molecular flexibility index (Phi) is 5.62. The first-order valence-corrected chi connectivity index (χ1v) is 9.42. The monoisotopic (exact) mass is 378 g/mol. The number of benzene rings is 1. The van der Waals surface area contributed by atoms with Crippen LogP contribution in [-0.4, -0.2) is 15.0 Å². The zero-order chi connectivity index (χ0) is 15.5. The molecule has 1 aromatic rings.